The summed E-state index contributed by atoms with van der Waals surface area (Å²) in [4.78, 5) is 12.3. The van der Waals surface area contributed by atoms with E-state index in [1.54, 1.807) is 11.8 Å². The average molecular weight is 342 g/mol. The van der Waals surface area contributed by atoms with Gasteiger partial charge >= 0.3 is 0 Å². The first-order chi connectivity index (χ1) is 11.5. The Morgan fingerprint density at radius 1 is 1.04 bits per heavy atom. The molecule has 0 saturated carbocycles. The lowest BCUT2D eigenvalue weighted by molar-refractivity contribution is -0.119. The highest BCUT2D eigenvalue weighted by molar-refractivity contribution is 7.99. The predicted molar refractivity (Wildman–Crippen MR) is 104 cm³/mol. The summed E-state index contributed by atoms with van der Waals surface area (Å²) in [6, 6.07) is 14.9. The van der Waals surface area contributed by atoms with E-state index in [2.05, 4.69) is 69.4 Å². The maximum atomic E-state index is 12.3. The zero-order valence-electron chi connectivity index (χ0n) is 15.1. The first-order valence-electron chi connectivity index (χ1n) is 8.50. The summed E-state index contributed by atoms with van der Waals surface area (Å²) in [7, 11) is 0. The van der Waals surface area contributed by atoms with Crippen molar-refractivity contribution < 1.29 is 4.79 Å². The molecule has 3 heteroatoms. The molecule has 1 amide bonds. The molecule has 2 aromatic rings. The third kappa shape index (κ3) is 5.13. The van der Waals surface area contributed by atoms with Crippen LogP contribution in [0.2, 0.25) is 0 Å². The van der Waals surface area contributed by atoms with E-state index in [-0.39, 0.29) is 11.9 Å². The normalized spacial score (nSPS) is 12.0. The van der Waals surface area contributed by atoms with E-state index in [9.17, 15) is 4.79 Å². The third-order valence-corrected chi connectivity index (χ3v) is 5.41. The Labute approximate surface area is 150 Å². The molecule has 0 saturated heterocycles. The van der Waals surface area contributed by atoms with Crippen molar-refractivity contribution in [3.63, 3.8) is 0 Å². The average Bonchev–Trinajstić information content (AvgIpc) is 2.57. The Bertz CT molecular complexity index is 696. The number of thioether (sulfide) groups is 1. The fourth-order valence-electron chi connectivity index (χ4n) is 2.66. The summed E-state index contributed by atoms with van der Waals surface area (Å²) in [5.41, 5.74) is 6.34. The van der Waals surface area contributed by atoms with Crippen molar-refractivity contribution in [2.24, 2.45) is 0 Å². The molecule has 0 spiro atoms. The first-order valence-corrected chi connectivity index (χ1v) is 9.65. The minimum Gasteiger partial charge on any atom is -0.349 e. The van der Waals surface area contributed by atoms with Crippen LogP contribution in [0.3, 0.4) is 0 Å². The third-order valence-electron chi connectivity index (χ3n) is 4.43. The molecule has 0 bridgehead atoms. The van der Waals surface area contributed by atoms with Gasteiger partial charge in [-0.05, 0) is 55.0 Å². The number of amides is 1. The number of carbonyl (C=O) groups is 1. The van der Waals surface area contributed by atoms with Crippen LogP contribution >= 0.6 is 11.8 Å². The number of hydrogen-bond acceptors (Lipinski definition) is 2. The maximum absolute atomic E-state index is 12.3. The topological polar surface area (TPSA) is 29.1 Å². The highest BCUT2D eigenvalue weighted by Crippen LogP contribution is 2.21. The molecule has 2 nitrogen and oxygen atoms in total. The monoisotopic (exact) mass is 341 g/mol. The summed E-state index contributed by atoms with van der Waals surface area (Å²) < 4.78 is 0. The second-order valence-electron chi connectivity index (χ2n) is 6.29. The molecule has 1 N–H and O–H groups in total. The van der Waals surface area contributed by atoms with Gasteiger partial charge in [0.1, 0.15) is 0 Å². The van der Waals surface area contributed by atoms with Crippen LogP contribution in [-0.4, -0.2) is 11.7 Å². The lowest BCUT2D eigenvalue weighted by Gasteiger charge is -2.18. The molecule has 0 heterocycles. The Hall–Kier alpha value is -1.74. The van der Waals surface area contributed by atoms with E-state index in [0.717, 1.165) is 12.2 Å². The molecule has 128 valence electrons. The van der Waals surface area contributed by atoms with E-state index in [4.69, 9.17) is 0 Å². The van der Waals surface area contributed by atoms with Crippen molar-refractivity contribution in [2.75, 3.05) is 5.75 Å². The van der Waals surface area contributed by atoms with Crippen LogP contribution in [0.4, 0.5) is 0 Å². The van der Waals surface area contributed by atoms with Crippen LogP contribution in [0.1, 0.15) is 47.2 Å². The Morgan fingerprint density at radius 2 is 1.79 bits per heavy atom. The number of hydrogen-bond donors (Lipinski definition) is 1. The molecule has 2 aromatic carbocycles. The molecule has 2 rings (SSSR count). The summed E-state index contributed by atoms with van der Waals surface area (Å²) in [5.74, 6) is 1.48. The van der Waals surface area contributed by atoms with Crippen LogP contribution in [-0.2, 0) is 10.5 Å². The number of rotatable bonds is 7. The van der Waals surface area contributed by atoms with E-state index >= 15 is 0 Å². The molecule has 1 unspecified atom stereocenters. The van der Waals surface area contributed by atoms with Gasteiger partial charge in [-0.2, -0.15) is 0 Å². The standard InChI is InChI=1S/C21H27NOS/c1-5-20(18-11-10-15(2)17(4)12-18)22-21(23)14-24-13-19-9-7-6-8-16(19)3/h6-12,20H,5,13-14H2,1-4H3,(H,22,23). The van der Waals surface area contributed by atoms with Crippen LogP contribution < -0.4 is 5.32 Å². The van der Waals surface area contributed by atoms with Gasteiger partial charge in [0.25, 0.3) is 0 Å². The van der Waals surface area contributed by atoms with Gasteiger partial charge in [-0.15, -0.1) is 11.8 Å². The zero-order chi connectivity index (χ0) is 17.5. The second-order valence-corrected chi connectivity index (χ2v) is 7.28. The molecule has 24 heavy (non-hydrogen) atoms. The molecule has 0 aliphatic rings. The predicted octanol–water partition coefficient (Wildman–Crippen LogP) is 5.11. The van der Waals surface area contributed by atoms with Crippen molar-refractivity contribution in [3.8, 4) is 0 Å². The maximum Gasteiger partial charge on any atom is 0.230 e. The van der Waals surface area contributed by atoms with Gasteiger partial charge in [0.05, 0.1) is 11.8 Å². The number of aryl methyl sites for hydroxylation is 3. The Kier molecular flexibility index (Phi) is 6.92. The molecule has 1 atom stereocenters. The van der Waals surface area contributed by atoms with Crippen molar-refractivity contribution in [1.29, 1.82) is 0 Å². The highest BCUT2D eigenvalue weighted by Gasteiger charge is 2.13. The van der Waals surface area contributed by atoms with Gasteiger partial charge in [-0.25, -0.2) is 0 Å². The quantitative estimate of drug-likeness (QED) is 0.758. The van der Waals surface area contributed by atoms with Crippen LogP contribution in [0.5, 0.6) is 0 Å². The second kappa shape index (κ2) is 8.93. The van der Waals surface area contributed by atoms with E-state index in [1.165, 1.54) is 27.8 Å². The van der Waals surface area contributed by atoms with Gasteiger partial charge in [0.15, 0.2) is 0 Å². The molecule has 0 aromatic heterocycles. The van der Waals surface area contributed by atoms with Crippen LogP contribution in [0.25, 0.3) is 0 Å². The van der Waals surface area contributed by atoms with Gasteiger partial charge in [-0.3, -0.25) is 4.79 Å². The van der Waals surface area contributed by atoms with E-state index in [1.807, 2.05) is 6.07 Å². The van der Waals surface area contributed by atoms with Crippen molar-refractivity contribution in [2.45, 2.75) is 45.9 Å². The number of nitrogens with one attached hydrogen (secondary N) is 1. The van der Waals surface area contributed by atoms with Gasteiger partial charge in [-0.1, -0.05) is 49.4 Å². The van der Waals surface area contributed by atoms with E-state index < -0.39 is 0 Å². The Balaban J connectivity index is 1.88. The van der Waals surface area contributed by atoms with E-state index in [0.29, 0.717) is 5.75 Å². The largest absolute Gasteiger partial charge is 0.349 e. The summed E-state index contributed by atoms with van der Waals surface area (Å²) in [6.07, 6.45) is 0.900. The van der Waals surface area contributed by atoms with Crippen molar-refractivity contribution >= 4 is 17.7 Å². The smallest absolute Gasteiger partial charge is 0.230 e. The fourth-order valence-corrected chi connectivity index (χ4v) is 3.58. The highest BCUT2D eigenvalue weighted by atomic mass is 32.2. The Morgan fingerprint density at radius 3 is 2.46 bits per heavy atom. The van der Waals surface area contributed by atoms with Crippen molar-refractivity contribution in [3.05, 3.63) is 70.3 Å². The lowest BCUT2D eigenvalue weighted by atomic mass is 9.99. The lowest BCUT2D eigenvalue weighted by Crippen LogP contribution is -2.29. The zero-order valence-corrected chi connectivity index (χ0v) is 15.9. The molecule has 0 fully saturated rings. The SMILES string of the molecule is CCC(NC(=O)CSCc1ccccc1C)c1ccc(C)c(C)c1. The summed E-state index contributed by atoms with van der Waals surface area (Å²) in [5, 5.41) is 3.17. The van der Waals surface area contributed by atoms with Gasteiger partial charge in [0.2, 0.25) is 5.91 Å². The molecule has 0 radical (unpaired) electrons. The summed E-state index contributed by atoms with van der Waals surface area (Å²) >= 11 is 1.67. The molecular formula is C21H27NOS. The molecular weight excluding hydrogens is 314 g/mol. The van der Waals surface area contributed by atoms with Gasteiger partial charge < -0.3 is 5.32 Å². The minimum absolute atomic E-state index is 0.0934. The summed E-state index contributed by atoms with van der Waals surface area (Å²) in [6.45, 7) is 8.45. The number of carbonyl (C=O) groups excluding carboxylic acids is 1. The molecule has 0 aliphatic carbocycles. The van der Waals surface area contributed by atoms with Crippen molar-refractivity contribution in [1.82, 2.24) is 5.32 Å². The van der Waals surface area contributed by atoms with Crippen LogP contribution in [0.15, 0.2) is 42.5 Å². The van der Waals surface area contributed by atoms with Gasteiger partial charge in [0, 0.05) is 5.75 Å². The fraction of sp³-hybridized carbons (Fsp3) is 0.381. The molecule has 0 aliphatic heterocycles. The minimum atomic E-state index is 0.0934. The number of benzene rings is 2. The first kappa shape index (κ1) is 18.6. The van der Waals surface area contributed by atoms with Crippen LogP contribution in [0, 0.1) is 20.8 Å².